The molecule has 3 aliphatic rings. The third-order valence-corrected chi connectivity index (χ3v) is 9.51. The van der Waals surface area contributed by atoms with E-state index in [0.717, 1.165) is 12.8 Å². The van der Waals surface area contributed by atoms with Gasteiger partial charge < -0.3 is 0 Å². The van der Waals surface area contributed by atoms with Crippen LogP contribution in [-0.4, -0.2) is 0 Å². The maximum absolute atomic E-state index is 2.48. The molecule has 0 fully saturated rings. The molecule has 41 heavy (non-hydrogen) atoms. The minimum absolute atomic E-state index is 0.369. The highest BCUT2D eigenvalue weighted by Crippen LogP contribution is 2.62. The van der Waals surface area contributed by atoms with Crippen LogP contribution >= 0.6 is 0 Å². The number of rotatable bonds is 2. The lowest BCUT2D eigenvalue weighted by Crippen LogP contribution is -2.32. The zero-order valence-corrected chi connectivity index (χ0v) is 22.8. The molecule has 1 spiro atoms. The molecular weight excluding hydrogens is 492 g/mol. The van der Waals surface area contributed by atoms with E-state index in [-0.39, 0.29) is 5.41 Å². The molecule has 0 bridgehead atoms. The highest BCUT2D eigenvalue weighted by Gasteiger charge is 2.52. The third-order valence-electron chi connectivity index (χ3n) is 9.51. The van der Waals surface area contributed by atoms with Gasteiger partial charge in [-0.05, 0) is 102 Å². The van der Waals surface area contributed by atoms with Crippen LogP contribution < -0.4 is 10.4 Å². The molecule has 0 aromatic heterocycles. The second-order valence-corrected chi connectivity index (χ2v) is 11.5. The lowest BCUT2D eigenvalue weighted by atomic mass is 9.69. The van der Waals surface area contributed by atoms with Crippen molar-refractivity contribution in [2.24, 2.45) is 0 Å². The summed E-state index contributed by atoms with van der Waals surface area (Å²) in [6.07, 6.45) is 7.11. The van der Waals surface area contributed by atoms with Crippen molar-refractivity contribution in [2.75, 3.05) is 0 Å². The summed E-state index contributed by atoms with van der Waals surface area (Å²) < 4.78 is 0. The predicted octanol–water partition coefficient (Wildman–Crippen LogP) is 8.72. The molecule has 0 nitrogen and oxygen atoms in total. The van der Waals surface area contributed by atoms with Crippen LogP contribution in [0.3, 0.4) is 0 Å². The van der Waals surface area contributed by atoms with Crippen molar-refractivity contribution in [3.8, 4) is 44.5 Å². The van der Waals surface area contributed by atoms with Gasteiger partial charge in [0, 0.05) is 0 Å². The molecule has 192 valence electrons. The van der Waals surface area contributed by atoms with E-state index in [1.807, 2.05) is 0 Å². The van der Waals surface area contributed by atoms with Crippen molar-refractivity contribution in [1.29, 1.82) is 0 Å². The van der Waals surface area contributed by atoms with Crippen molar-refractivity contribution in [3.63, 3.8) is 0 Å². The summed E-state index contributed by atoms with van der Waals surface area (Å²) in [5.74, 6) is 0. The van der Waals surface area contributed by atoms with Crippen LogP contribution in [0.1, 0.15) is 35.1 Å². The summed E-state index contributed by atoms with van der Waals surface area (Å²) in [5.41, 5.74) is 15.8. The summed E-state index contributed by atoms with van der Waals surface area (Å²) in [6.45, 7) is 0. The van der Waals surface area contributed by atoms with Crippen LogP contribution in [0.5, 0.6) is 0 Å². The van der Waals surface area contributed by atoms with Gasteiger partial charge in [-0.25, -0.2) is 0 Å². The average molecular weight is 521 g/mol. The Morgan fingerprint density at radius 3 is 1.63 bits per heavy atom. The number of benzene rings is 6. The molecule has 6 aromatic rings. The standard InChI is InChI=1S/C41H28/c1-3-11-27(12-4-1)30-19-22-33-34-23-20-31(28-13-5-2-6-14-28)26-39(34)41(38(33)25-30)36-18-10-9-17-35(36)40-32-16-8-7-15-29(32)21-24-37(40)41/h1-6,9-26H,7-8H2. The van der Waals surface area contributed by atoms with Crippen LogP contribution in [0.4, 0.5) is 0 Å². The van der Waals surface area contributed by atoms with Gasteiger partial charge in [-0.15, -0.1) is 0 Å². The fraction of sp³-hybridized carbons (Fsp3) is 0.0732. The van der Waals surface area contributed by atoms with E-state index >= 15 is 0 Å². The van der Waals surface area contributed by atoms with Gasteiger partial charge in [0.25, 0.3) is 0 Å². The molecule has 3 aliphatic carbocycles. The third kappa shape index (κ3) is 3.05. The predicted molar refractivity (Wildman–Crippen MR) is 171 cm³/mol. The van der Waals surface area contributed by atoms with Gasteiger partial charge in [0.1, 0.15) is 0 Å². The topological polar surface area (TPSA) is 0 Å². The molecule has 0 heteroatoms. The summed E-state index contributed by atoms with van der Waals surface area (Å²) in [6, 6.07) is 49.9. The van der Waals surface area contributed by atoms with Crippen molar-refractivity contribution in [1.82, 2.24) is 0 Å². The highest BCUT2D eigenvalue weighted by atomic mass is 14.5. The quantitative estimate of drug-likeness (QED) is 0.214. The Hall–Kier alpha value is -4.94. The fourth-order valence-electron chi connectivity index (χ4n) is 7.80. The Bertz CT molecular complexity index is 2040. The van der Waals surface area contributed by atoms with E-state index in [1.54, 1.807) is 0 Å². The molecule has 0 amide bonds. The van der Waals surface area contributed by atoms with Crippen LogP contribution in [0.15, 0.2) is 133 Å². The molecule has 0 saturated heterocycles. The average Bonchev–Trinajstić information content (AvgIpc) is 3.52. The molecule has 6 aromatic carbocycles. The Morgan fingerprint density at radius 1 is 0.390 bits per heavy atom. The number of fused-ring (bicyclic) bond motifs is 12. The summed E-state index contributed by atoms with van der Waals surface area (Å²) in [4.78, 5) is 0. The number of hydrogen-bond acceptors (Lipinski definition) is 0. The zero-order chi connectivity index (χ0) is 27.0. The molecule has 0 saturated carbocycles. The second-order valence-electron chi connectivity index (χ2n) is 11.5. The van der Waals surface area contributed by atoms with Gasteiger partial charge in [-0.3, -0.25) is 0 Å². The van der Waals surface area contributed by atoms with Crippen molar-refractivity contribution in [2.45, 2.75) is 18.3 Å². The first-order valence-electron chi connectivity index (χ1n) is 14.7. The first kappa shape index (κ1) is 22.8. The van der Waals surface area contributed by atoms with Gasteiger partial charge in [0.05, 0.1) is 5.41 Å². The molecule has 9 rings (SSSR count). The maximum atomic E-state index is 2.48. The first-order chi connectivity index (χ1) is 20.3. The molecule has 0 unspecified atom stereocenters. The van der Waals surface area contributed by atoms with Crippen molar-refractivity contribution in [3.05, 3.63) is 166 Å². The zero-order valence-electron chi connectivity index (χ0n) is 22.8. The lowest BCUT2D eigenvalue weighted by molar-refractivity contribution is 0.793. The van der Waals surface area contributed by atoms with Crippen LogP contribution in [0.2, 0.25) is 0 Å². The summed E-state index contributed by atoms with van der Waals surface area (Å²) >= 11 is 0. The highest BCUT2D eigenvalue weighted by molar-refractivity contribution is 5.97. The minimum atomic E-state index is -0.369. The lowest BCUT2D eigenvalue weighted by Gasteiger charge is -2.31. The van der Waals surface area contributed by atoms with E-state index in [0.29, 0.717) is 0 Å². The first-order valence-corrected chi connectivity index (χ1v) is 14.7. The summed E-state index contributed by atoms with van der Waals surface area (Å²) in [7, 11) is 0. The van der Waals surface area contributed by atoms with Gasteiger partial charge in [-0.1, -0.05) is 133 Å². The van der Waals surface area contributed by atoms with Crippen LogP contribution in [0.25, 0.3) is 56.7 Å². The van der Waals surface area contributed by atoms with Crippen LogP contribution in [-0.2, 0) is 5.41 Å². The van der Waals surface area contributed by atoms with E-state index in [1.165, 1.54) is 77.2 Å². The van der Waals surface area contributed by atoms with E-state index in [2.05, 4.69) is 146 Å². The Labute approximate surface area is 240 Å². The van der Waals surface area contributed by atoms with Crippen molar-refractivity contribution >= 4 is 12.2 Å². The fourth-order valence-corrected chi connectivity index (χ4v) is 7.80. The maximum Gasteiger partial charge on any atom is 0.0726 e. The van der Waals surface area contributed by atoms with Gasteiger partial charge in [0.15, 0.2) is 0 Å². The summed E-state index contributed by atoms with van der Waals surface area (Å²) in [5, 5.41) is 2.78. The molecular formula is C41H28. The second kappa shape index (κ2) is 8.53. The molecule has 0 N–H and O–H groups in total. The van der Waals surface area contributed by atoms with Gasteiger partial charge in [0.2, 0.25) is 0 Å². The molecule has 0 heterocycles. The van der Waals surface area contributed by atoms with E-state index < -0.39 is 0 Å². The Kier molecular flexibility index (Phi) is 4.75. The van der Waals surface area contributed by atoms with E-state index in [4.69, 9.17) is 0 Å². The Balaban J connectivity index is 1.44. The minimum Gasteiger partial charge on any atom is -0.0763 e. The van der Waals surface area contributed by atoms with Crippen molar-refractivity contribution < 1.29 is 0 Å². The number of hydrogen-bond donors (Lipinski definition) is 0. The van der Waals surface area contributed by atoms with Gasteiger partial charge >= 0.3 is 0 Å². The largest absolute Gasteiger partial charge is 0.0763 e. The van der Waals surface area contributed by atoms with Gasteiger partial charge in [-0.2, -0.15) is 0 Å². The van der Waals surface area contributed by atoms with Crippen LogP contribution in [0, 0.1) is 0 Å². The molecule has 0 radical (unpaired) electrons. The Morgan fingerprint density at radius 2 is 0.976 bits per heavy atom. The monoisotopic (exact) mass is 520 g/mol. The normalized spacial score (nSPS) is 14.7. The smallest absolute Gasteiger partial charge is 0.0726 e. The molecule has 0 atom stereocenters. The van der Waals surface area contributed by atoms with E-state index in [9.17, 15) is 0 Å². The SMILES string of the molecule is C1=c2ccc3c(c2=CCC1)-c1ccccc1C31c2cc(-c3ccccc3)ccc2-c2ccc(-c3ccccc3)cc21. The molecule has 0 aliphatic heterocycles.